The summed E-state index contributed by atoms with van der Waals surface area (Å²) in [6, 6.07) is 11.8. The first-order valence-electron chi connectivity index (χ1n) is 7.86. The van der Waals surface area contributed by atoms with E-state index in [0.717, 1.165) is 16.1 Å². The number of carboxylic acid groups (broad SMARTS) is 1. The minimum absolute atomic E-state index is 0.0987. The second kappa shape index (κ2) is 7.49. The molecule has 0 aliphatic carbocycles. The number of amides is 2. The summed E-state index contributed by atoms with van der Waals surface area (Å²) in [4.78, 5) is 36.2. The minimum Gasteiger partial charge on any atom is -0.545 e. The van der Waals surface area contributed by atoms with Crippen molar-refractivity contribution in [3.8, 4) is 0 Å². The van der Waals surface area contributed by atoms with Gasteiger partial charge in [-0.05, 0) is 30.7 Å². The van der Waals surface area contributed by atoms with E-state index in [9.17, 15) is 19.5 Å². The van der Waals surface area contributed by atoms with Crippen molar-refractivity contribution < 1.29 is 19.5 Å². The number of para-hydroxylation sites is 1. The number of hydrogen-bond acceptors (Lipinski definition) is 6. The molecule has 0 radical (unpaired) electrons. The quantitative estimate of drug-likeness (QED) is 0.685. The maximum absolute atomic E-state index is 12.1. The Kier molecular flexibility index (Phi) is 5.13. The molecule has 0 aromatic heterocycles. The molecule has 7 nitrogen and oxygen atoms in total. The molecule has 8 heteroatoms. The molecule has 26 heavy (non-hydrogen) atoms. The predicted octanol–water partition coefficient (Wildman–Crippen LogP) is 1.30. The molecule has 0 spiro atoms. The number of aryl methyl sites for hydroxylation is 1. The van der Waals surface area contributed by atoms with Crippen molar-refractivity contribution in [2.24, 2.45) is 0 Å². The Labute approximate surface area is 154 Å². The average molecular weight is 370 g/mol. The summed E-state index contributed by atoms with van der Waals surface area (Å²) in [5, 5.41) is 19.3. The van der Waals surface area contributed by atoms with Gasteiger partial charge in [-0.3, -0.25) is 9.59 Å². The number of benzene rings is 2. The molecule has 0 saturated carbocycles. The van der Waals surface area contributed by atoms with Crippen LogP contribution in [0.15, 0.2) is 47.4 Å². The van der Waals surface area contributed by atoms with Gasteiger partial charge in [0.05, 0.1) is 11.7 Å². The van der Waals surface area contributed by atoms with Crippen LogP contribution in [0.2, 0.25) is 0 Å². The van der Waals surface area contributed by atoms with Gasteiger partial charge in [0, 0.05) is 16.1 Å². The number of hydrogen-bond donors (Lipinski definition) is 3. The number of carbonyl (C=O) groups excluding carboxylic acids is 3. The molecule has 0 saturated heterocycles. The number of aromatic carboxylic acids is 1. The fourth-order valence-corrected chi connectivity index (χ4v) is 3.66. The number of carbonyl (C=O) groups is 3. The molecule has 0 unspecified atom stereocenters. The van der Waals surface area contributed by atoms with Crippen LogP contribution >= 0.6 is 11.8 Å². The number of rotatable bonds is 5. The zero-order valence-corrected chi connectivity index (χ0v) is 14.7. The molecule has 3 rings (SSSR count). The first kappa shape index (κ1) is 17.8. The average Bonchev–Trinajstić information content (AvgIpc) is 2.95. The fourth-order valence-electron chi connectivity index (χ4n) is 2.52. The molecule has 1 aliphatic heterocycles. The van der Waals surface area contributed by atoms with Crippen LogP contribution in [0.25, 0.3) is 0 Å². The van der Waals surface area contributed by atoms with Crippen LogP contribution in [0.3, 0.4) is 0 Å². The summed E-state index contributed by atoms with van der Waals surface area (Å²) in [5.74, 6) is -2.47. The molecule has 0 bridgehead atoms. The van der Waals surface area contributed by atoms with Gasteiger partial charge in [-0.15, -0.1) is 0 Å². The van der Waals surface area contributed by atoms with Gasteiger partial charge in [0.25, 0.3) is 0 Å². The number of nitrogens with one attached hydrogen (secondary N) is 3. The molecule has 1 aliphatic rings. The van der Waals surface area contributed by atoms with Gasteiger partial charge in [0.1, 0.15) is 6.42 Å². The van der Waals surface area contributed by atoms with E-state index in [1.54, 1.807) is 6.07 Å². The molecular weight excluding hydrogens is 354 g/mol. The van der Waals surface area contributed by atoms with Crippen molar-refractivity contribution in [1.82, 2.24) is 5.32 Å². The SMILES string of the molecule is Cc1ccc2c(c1)S[C@H](NC(=O)CC(=O)Nc1ccccc1C(=O)[O-])N2. The molecule has 2 aromatic rings. The minimum atomic E-state index is -1.40. The third kappa shape index (κ3) is 4.15. The Bertz CT molecular complexity index is 884. The van der Waals surface area contributed by atoms with Gasteiger partial charge in [-0.2, -0.15) is 0 Å². The lowest BCUT2D eigenvalue weighted by molar-refractivity contribution is -0.254. The number of thioether (sulfide) groups is 1. The van der Waals surface area contributed by atoms with E-state index in [1.165, 1.54) is 30.0 Å². The van der Waals surface area contributed by atoms with Crippen molar-refractivity contribution in [3.05, 3.63) is 53.6 Å². The van der Waals surface area contributed by atoms with Gasteiger partial charge in [0.15, 0.2) is 5.50 Å². The lowest BCUT2D eigenvalue weighted by atomic mass is 10.2. The highest BCUT2D eigenvalue weighted by atomic mass is 32.2. The zero-order chi connectivity index (χ0) is 18.7. The Morgan fingerprint density at radius 3 is 2.69 bits per heavy atom. The van der Waals surface area contributed by atoms with Gasteiger partial charge < -0.3 is 25.9 Å². The van der Waals surface area contributed by atoms with E-state index in [4.69, 9.17) is 0 Å². The van der Waals surface area contributed by atoms with Crippen LogP contribution in [0.5, 0.6) is 0 Å². The van der Waals surface area contributed by atoms with Crippen molar-refractivity contribution in [2.45, 2.75) is 23.7 Å². The highest BCUT2D eigenvalue weighted by Gasteiger charge is 2.23. The third-order valence-electron chi connectivity index (χ3n) is 3.70. The molecule has 1 atom stereocenters. The molecule has 0 fully saturated rings. The number of anilines is 2. The molecule has 3 N–H and O–H groups in total. The Hall–Kier alpha value is -3.00. The standard InChI is InChI=1S/C18H17N3O4S/c1-10-6-7-13-14(8-10)26-18(20-13)21-16(23)9-15(22)19-12-5-3-2-4-11(12)17(24)25/h2-8,18,20H,9H2,1H3,(H,19,22)(H,21,23)(H,24,25)/p-1/t18-/m0/s1. The largest absolute Gasteiger partial charge is 0.545 e. The van der Waals surface area contributed by atoms with Crippen LogP contribution in [0, 0.1) is 6.92 Å². The van der Waals surface area contributed by atoms with E-state index >= 15 is 0 Å². The van der Waals surface area contributed by atoms with E-state index in [1.807, 2.05) is 25.1 Å². The Balaban J connectivity index is 1.54. The van der Waals surface area contributed by atoms with Crippen LogP contribution in [0.1, 0.15) is 22.3 Å². The molecule has 1 heterocycles. The summed E-state index contributed by atoms with van der Waals surface area (Å²) in [7, 11) is 0. The highest BCUT2D eigenvalue weighted by Crippen LogP contribution is 2.37. The summed E-state index contributed by atoms with van der Waals surface area (Å²) in [6.07, 6.45) is -0.421. The molecule has 134 valence electrons. The molecule has 2 amide bonds. The fraction of sp³-hybridized carbons (Fsp3) is 0.167. The van der Waals surface area contributed by atoms with Crippen LogP contribution in [0.4, 0.5) is 11.4 Å². The smallest absolute Gasteiger partial charge is 0.233 e. The van der Waals surface area contributed by atoms with E-state index in [0.29, 0.717) is 0 Å². The van der Waals surface area contributed by atoms with E-state index < -0.39 is 24.2 Å². The maximum atomic E-state index is 12.1. The highest BCUT2D eigenvalue weighted by molar-refractivity contribution is 8.00. The first-order valence-corrected chi connectivity index (χ1v) is 8.74. The third-order valence-corrected chi connectivity index (χ3v) is 4.77. The second-order valence-corrected chi connectivity index (χ2v) is 6.91. The lowest BCUT2D eigenvalue weighted by Crippen LogP contribution is -2.37. The second-order valence-electron chi connectivity index (χ2n) is 5.77. The summed E-state index contributed by atoms with van der Waals surface area (Å²) in [5.41, 5.74) is 1.65. The summed E-state index contributed by atoms with van der Waals surface area (Å²) < 4.78 is 0. The van der Waals surface area contributed by atoms with Gasteiger partial charge in [0.2, 0.25) is 11.8 Å². The lowest BCUT2D eigenvalue weighted by Gasteiger charge is -2.14. The van der Waals surface area contributed by atoms with Crippen molar-refractivity contribution in [3.63, 3.8) is 0 Å². The van der Waals surface area contributed by atoms with E-state index in [-0.39, 0.29) is 16.7 Å². The number of fused-ring (bicyclic) bond motifs is 1. The Morgan fingerprint density at radius 2 is 1.92 bits per heavy atom. The normalized spacial score (nSPS) is 14.9. The first-order chi connectivity index (χ1) is 12.4. The molecule has 2 aromatic carbocycles. The van der Waals surface area contributed by atoms with E-state index in [2.05, 4.69) is 16.0 Å². The number of carboxylic acids is 1. The predicted molar refractivity (Wildman–Crippen MR) is 96.6 cm³/mol. The van der Waals surface area contributed by atoms with Gasteiger partial charge in [-0.25, -0.2) is 0 Å². The van der Waals surface area contributed by atoms with Crippen molar-refractivity contribution >= 4 is 40.9 Å². The van der Waals surface area contributed by atoms with Crippen molar-refractivity contribution in [1.29, 1.82) is 0 Å². The summed E-state index contributed by atoms with van der Waals surface area (Å²) >= 11 is 1.46. The van der Waals surface area contributed by atoms with Crippen LogP contribution in [-0.4, -0.2) is 23.3 Å². The monoisotopic (exact) mass is 370 g/mol. The Morgan fingerprint density at radius 1 is 1.15 bits per heavy atom. The van der Waals surface area contributed by atoms with Gasteiger partial charge >= 0.3 is 0 Å². The van der Waals surface area contributed by atoms with Crippen molar-refractivity contribution in [2.75, 3.05) is 10.6 Å². The zero-order valence-electron chi connectivity index (χ0n) is 13.9. The van der Waals surface area contributed by atoms with Crippen LogP contribution in [-0.2, 0) is 9.59 Å². The van der Waals surface area contributed by atoms with Crippen LogP contribution < -0.4 is 21.1 Å². The maximum Gasteiger partial charge on any atom is 0.233 e. The van der Waals surface area contributed by atoms with Gasteiger partial charge in [-0.1, -0.05) is 36.0 Å². The summed E-state index contributed by atoms with van der Waals surface area (Å²) in [6.45, 7) is 1.99. The topological polar surface area (TPSA) is 110 Å². The molecular formula is C18H16N3O4S-.